The van der Waals surface area contributed by atoms with Gasteiger partial charge in [-0.2, -0.15) is 0 Å². The Morgan fingerprint density at radius 1 is 0.920 bits per heavy atom. The van der Waals surface area contributed by atoms with E-state index in [1.165, 1.54) is 15.6 Å². The van der Waals surface area contributed by atoms with E-state index in [0.717, 1.165) is 15.7 Å². The summed E-state index contributed by atoms with van der Waals surface area (Å²) < 4.78 is 5.70. The molecule has 3 nitrogen and oxygen atoms in total. The Kier molecular flexibility index (Phi) is 4.51. The number of halogens is 2. The molecule has 128 valence electrons. The number of fused-ring (bicyclic) bond motifs is 1. The molecule has 0 amide bonds. The fourth-order valence-corrected chi connectivity index (χ4v) is 5.65. The second kappa shape index (κ2) is 6.53. The number of hydrogen-bond donors (Lipinski definition) is 1. The third-order valence-electron chi connectivity index (χ3n) is 4.85. The summed E-state index contributed by atoms with van der Waals surface area (Å²) >= 11 is 12.2. The van der Waals surface area contributed by atoms with Crippen molar-refractivity contribution in [2.75, 3.05) is 0 Å². The van der Waals surface area contributed by atoms with E-state index >= 15 is 0 Å². The number of nitrogens with one attached hydrogen (secondary N) is 1. The predicted octanol–water partition coefficient (Wildman–Crippen LogP) is 4.55. The Balaban J connectivity index is 1.82. The van der Waals surface area contributed by atoms with Crippen LogP contribution in [0, 0.1) is 0 Å². The van der Waals surface area contributed by atoms with Gasteiger partial charge in [-0.1, -0.05) is 0 Å². The van der Waals surface area contributed by atoms with Crippen LogP contribution < -0.4 is 5.32 Å². The molecule has 25 heavy (non-hydrogen) atoms. The van der Waals surface area contributed by atoms with Crippen LogP contribution in [-0.4, -0.2) is 23.9 Å². The number of benzene rings is 2. The molecule has 1 aromatic heterocycles. The van der Waals surface area contributed by atoms with Gasteiger partial charge in [-0.25, -0.2) is 0 Å². The Bertz CT molecular complexity index is 888. The zero-order valence-corrected chi connectivity index (χ0v) is 17.1. The number of aromatic nitrogens is 2. The van der Waals surface area contributed by atoms with Crippen molar-refractivity contribution in [1.29, 1.82) is 0 Å². The SMILES string of the molecule is CC1(C)c2nn[se]c2C(c2ccc(Cl)cc2)NC1c1ccc(Cl)cc1. The molecular formula is C19H17Cl2N3Se. The molecule has 0 saturated heterocycles. The molecule has 0 saturated carbocycles. The summed E-state index contributed by atoms with van der Waals surface area (Å²) in [5.74, 6) is 0. The van der Waals surface area contributed by atoms with Gasteiger partial charge in [0.2, 0.25) is 0 Å². The van der Waals surface area contributed by atoms with Crippen molar-refractivity contribution >= 4 is 37.9 Å². The minimum absolute atomic E-state index is 0.0366. The minimum atomic E-state index is -0.145. The average molecular weight is 437 g/mol. The van der Waals surface area contributed by atoms with Crippen LogP contribution in [0.2, 0.25) is 10.0 Å². The maximum absolute atomic E-state index is 6.08. The number of rotatable bonds is 2. The van der Waals surface area contributed by atoms with Gasteiger partial charge in [0.1, 0.15) is 0 Å². The van der Waals surface area contributed by atoms with Gasteiger partial charge in [0, 0.05) is 0 Å². The summed E-state index contributed by atoms with van der Waals surface area (Å²) in [5.41, 5.74) is 3.37. The summed E-state index contributed by atoms with van der Waals surface area (Å²) in [6.45, 7) is 4.46. The summed E-state index contributed by atoms with van der Waals surface area (Å²) in [5, 5.41) is 9.87. The van der Waals surface area contributed by atoms with Gasteiger partial charge in [0.15, 0.2) is 0 Å². The van der Waals surface area contributed by atoms with Gasteiger partial charge in [0.05, 0.1) is 0 Å². The molecule has 2 heterocycles. The van der Waals surface area contributed by atoms with Gasteiger partial charge < -0.3 is 0 Å². The summed E-state index contributed by atoms with van der Waals surface area (Å²) in [4.78, 5) is 0. The van der Waals surface area contributed by atoms with Crippen LogP contribution in [0.5, 0.6) is 0 Å². The van der Waals surface area contributed by atoms with Crippen LogP contribution in [-0.2, 0) is 5.41 Å². The van der Waals surface area contributed by atoms with Crippen molar-refractivity contribution in [2.24, 2.45) is 0 Å². The van der Waals surface area contributed by atoms with E-state index in [4.69, 9.17) is 23.2 Å². The quantitative estimate of drug-likeness (QED) is 0.598. The molecule has 0 bridgehead atoms. The Morgan fingerprint density at radius 2 is 1.48 bits per heavy atom. The van der Waals surface area contributed by atoms with Gasteiger partial charge >= 0.3 is 164 Å². The van der Waals surface area contributed by atoms with Gasteiger partial charge in [-0.15, -0.1) is 0 Å². The third kappa shape index (κ3) is 3.07. The first-order valence-corrected chi connectivity index (χ1v) is 10.4. The molecule has 2 unspecified atom stereocenters. The van der Waals surface area contributed by atoms with Gasteiger partial charge in [-0.05, 0) is 0 Å². The number of hydrogen-bond acceptors (Lipinski definition) is 3. The van der Waals surface area contributed by atoms with Gasteiger partial charge in [-0.3, -0.25) is 0 Å². The second-order valence-corrected chi connectivity index (χ2v) is 9.36. The van der Waals surface area contributed by atoms with E-state index in [-0.39, 0.29) is 32.2 Å². The summed E-state index contributed by atoms with van der Waals surface area (Å²) in [7, 11) is 0. The molecule has 1 N–H and O–H groups in total. The summed E-state index contributed by atoms with van der Waals surface area (Å²) in [6, 6.07) is 16.3. The predicted molar refractivity (Wildman–Crippen MR) is 103 cm³/mol. The molecule has 0 fully saturated rings. The molecule has 4 rings (SSSR count). The topological polar surface area (TPSA) is 37.8 Å². The zero-order chi connectivity index (χ0) is 17.6. The first-order chi connectivity index (χ1) is 12.0. The van der Waals surface area contributed by atoms with Crippen molar-refractivity contribution in [1.82, 2.24) is 14.5 Å². The van der Waals surface area contributed by atoms with Crippen molar-refractivity contribution in [3.63, 3.8) is 0 Å². The van der Waals surface area contributed by atoms with Crippen LogP contribution in [0.1, 0.15) is 47.2 Å². The van der Waals surface area contributed by atoms with E-state index in [1.807, 2.05) is 24.3 Å². The Hall–Kier alpha value is -1.16. The maximum atomic E-state index is 6.08. The molecule has 1 aliphatic rings. The molecule has 6 heteroatoms. The van der Waals surface area contributed by atoms with E-state index in [2.05, 4.69) is 52.6 Å². The van der Waals surface area contributed by atoms with E-state index in [0.29, 0.717) is 0 Å². The molecule has 2 atom stereocenters. The first kappa shape index (κ1) is 17.3. The van der Waals surface area contributed by atoms with Crippen LogP contribution in [0.4, 0.5) is 0 Å². The number of nitrogens with zero attached hydrogens (tertiary/aromatic N) is 2. The molecule has 0 aliphatic carbocycles. The molecular weight excluding hydrogens is 420 g/mol. The van der Waals surface area contributed by atoms with E-state index in [9.17, 15) is 0 Å². The van der Waals surface area contributed by atoms with Crippen molar-refractivity contribution < 1.29 is 0 Å². The molecule has 2 aromatic carbocycles. The van der Waals surface area contributed by atoms with Crippen molar-refractivity contribution in [2.45, 2.75) is 31.3 Å². The average Bonchev–Trinajstić information content (AvgIpc) is 3.08. The van der Waals surface area contributed by atoms with E-state index < -0.39 is 0 Å². The van der Waals surface area contributed by atoms with Crippen molar-refractivity contribution in [3.05, 3.63) is 79.8 Å². The van der Waals surface area contributed by atoms with Crippen LogP contribution in [0.25, 0.3) is 0 Å². The second-order valence-electron chi connectivity index (χ2n) is 6.84. The van der Waals surface area contributed by atoms with Crippen molar-refractivity contribution in [3.8, 4) is 0 Å². The van der Waals surface area contributed by atoms with Crippen LogP contribution >= 0.6 is 23.2 Å². The van der Waals surface area contributed by atoms with Crippen LogP contribution in [0.3, 0.4) is 0 Å². The van der Waals surface area contributed by atoms with Crippen LogP contribution in [0.15, 0.2) is 48.5 Å². The summed E-state index contributed by atoms with van der Waals surface area (Å²) in [6.07, 6.45) is 0. The monoisotopic (exact) mass is 437 g/mol. The zero-order valence-electron chi connectivity index (χ0n) is 13.8. The fraction of sp³-hybridized carbons (Fsp3) is 0.263. The molecule has 3 aromatic rings. The standard InChI is InChI=1S/C19H17Cl2N3Se/c1-19(2)17(12-5-9-14(21)10-6-12)22-15(16-18(19)23-24-25-16)11-3-7-13(20)8-4-11/h3-10,15,17,22H,1-2H3. The Labute approximate surface area is 163 Å². The third-order valence-corrected chi connectivity index (χ3v) is 7.01. The molecule has 1 aliphatic heterocycles. The fourth-order valence-electron chi connectivity index (χ4n) is 3.49. The molecule has 0 radical (unpaired) electrons. The van der Waals surface area contributed by atoms with Gasteiger partial charge in [0.25, 0.3) is 0 Å². The Morgan fingerprint density at radius 3 is 2.08 bits per heavy atom. The molecule has 0 spiro atoms. The van der Waals surface area contributed by atoms with E-state index in [1.54, 1.807) is 0 Å². The normalized spacial score (nSPS) is 21.8. The first-order valence-electron chi connectivity index (χ1n) is 8.06.